The van der Waals surface area contributed by atoms with Crippen molar-refractivity contribution < 1.29 is 36.9 Å². The molecular formula is C20H29F5O3. The Hall–Kier alpha value is -1.25. The van der Waals surface area contributed by atoms with E-state index in [1.54, 1.807) is 0 Å². The lowest BCUT2D eigenvalue weighted by Crippen LogP contribution is -2.39. The predicted molar refractivity (Wildman–Crippen MR) is 94.8 cm³/mol. The lowest BCUT2D eigenvalue weighted by molar-refractivity contribution is -0.357. The van der Waals surface area contributed by atoms with E-state index in [0.29, 0.717) is 12.8 Å². The molecule has 0 saturated heterocycles. The molecule has 2 N–H and O–H groups in total. The molecule has 0 aromatic heterocycles. The second-order valence-electron chi connectivity index (χ2n) is 7.06. The van der Waals surface area contributed by atoms with Crippen LogP contribution in [0.3, 0.4) is 0 Å². The van der Waals surface area contributed by atoms with Crippen molar-refractivity contribution in [1.29, 1.82) is 0 Å². The summed E-state index contributed by atoms with van der Waals surface area (Å²) in [6.45, 7) is 2.10. The van der Waals surface area contributed by atoms with Crippen LogP contribution in [-0.2, 0) is 11.2 Å². The second kappa shape index (κ2) is 11.7. The molecule has 0 radical (unpaired) electrons. The van der Waals surface area contributed by atoms with E-state index in [0.717, 1.165) is 39.2 Å². The maximum absolute atomic E-state index is 13.7. The summed E-state index contributed by atoms with van der Waals surface area (Å²) in [7, 11) is 1.12. The van der Waals surface area contributed by atoms with Gasteiger partial charge in [-0.3, -0.25) is 0 Å². The zero-order valence-corrected chi connectivity index (χ0v) is 16.3. The molecule has 0 amide bonds. The predicted octanol–water partition coefficient (Wildman–Crippen LogP) is 5.36. The molecule has 162 valence electrons. The van der Waals surface area contributed by atoms with Gasteiger partial charge in [0.05, 0.1) is 0 Å². The summed E-state index contributed by atoms with van der Waals surface area (Å²) in [6.07, 6.45) is 6.05. The zero-order chi connectivity index (χ0) is 21.3. The first-order valence-corrected chi connectivity index (χ1v) is 9.67. The van der Waals surface area contributed by atoms with Gasteiger partial charge in [0, 0.05) is 18.6 Å². The summed E-state index contributed by atoms with van der Waals surface area (Å²) in [5, 5.41) is 19.9. The van der Waals surface area contributed by atoms with Crippen molar-refractivity contribution in [2.75, 3.05) is 7.11 Å². The molecule has 1 rings (SSSR count). The van der Waals surface area contributed by atoms with Crippen LogP contribution < -0.4 is 0 Å². The lowest BCUT2D eigenvalue weighted by Gasteiger charge is -2.29. The first-order chi connectivity index (χ1) is 13.2. The van der Waals surface area contributed by atoms with E-state index in [4.69, 9.17) is 4.74 Å². The average molecular weight is 412 g/mol. The summed E-state index contributed by atoms with van der Waals surface area (Å²) in [5.74, 6) is -13.0. The molecule has 1 aromatic carbocycles. The molecule has 0 aliphatic heterocycles. The summed E-state index contributed by atoms with van der Waals surface area (Å²) in [4.78, 5) is 0. The summed E-state index contributed by atoms with van der Waals surface area (Å²) >= 11 is 0. The van der Waals surface area contributed by atoms with E-state index >= 15 is 0 Å². The smallest absolute Gasteiger partial charge is 0.280 e. The Morgan fingerprint density at radius 1 is 0.750 bits per heavy atom. The van der Waals surface area contributed by atoms with Crippen LogP contribution in [0.5, 0.6) is 0 Å². The number of benzene rings is 1. The Balaban J connectivity index is 2.69. The molecule has 0 saturated carbocycles. The van der Waals surface area contributed by atoms with E-state index in [-0.39, 0.29) is 12.8 Å². The van der Waals surface area contributed by atoms with Gasteiger partial charge in [-0.15, -0.1) is 0 Å². The van der Waals surface area contributed by atoms with E-state index in [1.165, 1.54) is 0 Å². The number of halogens is 5. The first-order valence-electron chi connectivity index (χ1n) is 9.67. The van der Waals surface area contributed by atoms with Crippen LogP contribution in [0, 0.1) is 35.0 Å². The van der Waals surface area contributed by atoms with Gasteiger partial charge >= 0.3 is 0 Å². The second-order valence-corrected chi connectivity index (χ2v) is 7.06. The van der Waals surface area contributed by atoms with Crippen molar-refractivity contribution >= 4 is 0 Å². The highest BCUT2D eigenvalue weighted by atomic mass is 19.2. The first kappa shape index (κ1) is 24.8. The number of aliphatic hydroxyl groups is 2. The van der Waals surface area contributed by atoms with Gasteiger partial charge in [0.25, 0.3) is 5.97 Å². The quantitative estimate of drug-likeness (QED) is 0.151. The molecule has 0 aliphatic carbocycles. The van der Waals surface area contributed by atoms with E-state index in [2.05, 4.69) is 6.92 Å². The zero-order valence-electron chi connectivity index (χ0n) is 16.3. The fraction of sp³-hybridized carbons (Fsp3) is 0.700. The fourth-order valence-electron chi connectivity index (χ4n) is 3.25. The Bertz CT molecular complexity index is 593. The van der Waals surface area contributed by atoms with Crippen molar-refractivity contribution in [2.24, 2.45) is 5.92 Å². The van der Waals surface area contributed by atoms with Crippen LogP contribution in [-0.4, -0.2) is 23.3 Å². The van der Waals surface area contributed by atoms with Crippen molar-refractivity contribution in [3.8, 4) is 0 Å². The number of methoxy groups -OCH3 is 1. The number of hydrogen-bond donors (Lipinski definition) is 2. The lowest BCUT2D eigenvalue weighted by atomic mass is 9.91. The third kappa shape index (κ3) is 6.67. The Morgan fingerprint density at radius 3 is 1.75 bits per heavy atom. The van der Waals surface area contributed by atoms with Crippen LogP contribution in [0.25, 0.3) is 0 Å². The topological polar surface area (TPSA) is 49.7 Å². The molecular weight excluding hydrogens is 383 g/mol. The fourth-order valence-corrected chi connectivity index (χ4v) is 3.25. The molecule has 0 bridgehead atoms. The van der Waals surface area contributed by atoms with E-state index < -0.39 is 53.0 Å². The number of ether oxygens (including phenoxy) is 1. The summed E-state index contributed by atoms with van der Waals surface area (Å²) < 4.78 is 71.8. The third-order valence-corrected chi connectivity index (χ3v) is 5.02. The molecule has 0 spiro atoms. The van der Waals surface area contributed by atoms with Crippen LogP contribution in [0.4, 0.5) is 22.0 Å². The van der Waals surface area contributed by atoms with Gasteiger partial charge in [-0.2, -0.15) is 0 Å². The van der Waals surface area contributed by atoms with Crippen LogP contribution >= 0.6 is 0 Å². The molecule has 8 heteroatoms. The van der Waals surface area contributed by atoms with Crippen LogP contribution in [0.15, 0.2) is 0 Å². The van der Waals surface area contributed by atoms with Crippen molar-refractivity contribution in [3.63, 3.8) is 0 Å². The van der Waals surface area contributed by atoms with Crippen LogP contribution in [0.1, 0.15) is 70.3 Å². The molecule has 0 heterocycles. The number of rotatable bonds is 13. The highest BCUT2D eigenvalue weighted by molar-refractivity contribution is 5.24. The Kier molecular flexibility index (Phi) is 10.3. The number of unbranched alkanes of at least 4 members (excludes halogenated alkanes) is 5. The Morgan fingerprint density at radius 2 is 1.21 bits per heavy atom. The largest absolute Gasteiger partial charge is 0.343 e. The molecule has 0 aliphatic rings. The maximum Gasteiger partial charge on any atom is 0.280 e. The monoisotopic (exact) mass is 412 g/mol. The minimum Gasteiger partial charge on any atom is -0.343 e. The molecule has 1 unspecified atom stereocenters. The molecule has 3 nitrogen and oxygen atoms in total. The van der Waals surface area contributed by atoms with Crippen molar-refractivity contribution in [2.45, 2.75) is 77.1 Å². The van der Waals surface area contributed by atoms with Crippen molar-refractivity contribution in [1.82, 2.24) is 0 Å². The summed E-state index contributed by atoms with van der Waals surface area (Å²) in [6, 6.07) is 0. The van der Waals surface area contributed by atoms with Crippen molar-refractivity contribution in [3.05, 3.63) is 34.6 Å². The SMILES string of the molecule is CCCCCCCCC(CCCc1c(F)c(F)c(F)c(F)c1F)C(O)(O)OC. The maximum atomic E-state index is 13.7. The van der Waals surface area contributed by atoms with Gasteiger partial charge in [-0.25, -0.2) is 22.0 Å². The van der Waals surface area contributed by atoms with Crippen LogP contribution in [0.2, 0.25) is 0 Å². The van der Waals surface area contributed by atoms with Gasteiger partial charge in [0.15, 0.2) is 23.3 Å². The van der Waals surface area contributed by atoms with Gasteiger partial charge in [0.2, 0.25) is 5.82 Å². The highest BCUT2D eigenvalue weighted by Crippen LogP contribution is 2.29. The van der Waals surface area contributed by atoms with Gasteiger partial charge < -0.3 is 14.9 Å². The van der Waals surface area contributed by atoms with Gasteiger partial charge in [-0.05, 0) is 25.7 Å². The molecule has 1 atom stereocenters. The highest BCUT2D eigenvalue weighted by Gasteiger charge is 2.34. The van der Waals surface area contributed by atoms with Gasteiger partial charge in [-0.1, -0.05) is 45.4 Å². The normalized spacial score (nSPS) is 13.2. The number of hydrogen-bond acceptors (Lipinski definition) is 3. The van der Waals surface area contributed by atoms with E-state index in [9.17, 15) is 32.2 Å². The Labute approximate surface area is 162 Å². The van der Waals surface area contributed by atoms with Gasteiger partial charge in [0.1, 0.15) is 0 Å². The molecule has 1 aromatic rings. The average Bonchev–Trinajstić information content (AvgIpc) is 2.68. The summed E-state index contributed by atoms with van der Waals surface area (Å²) in [5.41, 5.74) is -0.895. The standard InChI is InChI=1S/C20H29F5O3/c1-3-4-5-6-7-8-10-13(20(26,27)28-2)11-9-12-14-15(21)17(23)19(25)18(24)16(14)22/h13,26-27H,3-12H2,1-2H3. The molecule has 28 heavy (non-hydrogen) atoms. The van der Waals surface area contributed by atoms with E-state index in [1.807, 2.05) is 0 Å². The minimum atomic E-state index is -2.42. The molecule has 0 fully saturated rings. The minimum absolute atomic E-state index is 0.00504. The third-order valence-electron chi connectivity index (χ3n) is 5.02.